The van der Waals surface area contributed by atoms with Gasteiger partial charge in [-0.3, -0.25) is 0 Å². The molecule has 0 fully saturated rings. The lowest BCUT2D eigenvalue weighted by Crippen LogP contribution is -2.00. The average molecular weight is 406 g/mol. The summed E-state index contributed by atoms with van der Waals surface area (Å²) in [5.41, 5.74) is 8.55. The molecule has 0 spiro atoms. The summed E-state index contributed by atoms with van der Waals surface area (Å²) >= 11 is 0. The Morgan fingerprint density at radius 2 is 1.61 bits per heavy atom. The molecule has 0 unspecified atom stereocenters. The molecule has 3 aromatic rings. The van der Waals surface area contributed by atoms with Crippen LogP contribution in [0.3, 0.4) is 0 Å². The molecule has 150 valence electrons. The van der Waals surface area contributed by atoms with Crippen LogP contribution in [0, 0.1) is 0 Å². The summed E-state index contributed by atoms with van der Waals surface area (Å²) in [4.78, 5) is 4.48. The zero-order valence-electron chi connectivity index (χ0n) is 16.1. The van der Waals surface area contributed by atoms with E-state index >= 15 is 0 Å². The molecule has 7 nitrogen and oxygen atoms in total. The first-order valence-electron chi connectivity index (χ1n) is 8.60. The number of hydrogen-bond acceptors (Lipinski definition) is 7. The van der Waals surface area contributed by atoms with Gasteiger partial charge in [-0.2, -0.15) is 4.98 Å². The van der Waals surface area contributed by atoms with Crippen LogP contribution in [0.5, 0.6) is 17.2 Å². The van der Waals surface area contributed by atoms with Crippen LogP contribution in [0.1, 0.15) is 17.0 Å². The second-order valence-corrected chi connectivity index (χ2v) is 5.91. The van der Waals surface area contributed by atoms with Crippen LogP contribution in [0.2, 0.25) is 0 Å². The SMILES string of the molecule is COc1ccc(CCc2nc(-c3ccc(CN)cc3)no2)c(OC)c1OC.Cl. The largest absolute Gasteiger partial charge is 0.493 e. The molecule has 0 aliphatic carbocycles. The van der Waals surface area contributed by atoms with Gasteiger partial charge in [-0.15, -0.1) is 12.4 Å². The van der Waals surface area contributed by atoms with Gasteiger partial charge in [0.25, 0.3) is 0 Å². The first kappa shape index (κ1) is 21.5. The van der Waals surface area contributed by atoms with Gasteiger partial charge >= 0.3 is 0 Å². The van der Waals surface area contributed by atoms with E-state index in [0.29, 0.717) is 48.4 Å². The van der Waals surface area contributed by atoms with E-state index in [0.717, 1.165) is 16.7 Å². The molecular formula is C20H24ClN3O4. The maximum atomic E-state index is 5.62. The van der Waals surface area contributed by atoms with Crippen molar-refractivity contribution in [1.82, 2.24) is 10.1 Å². The molecule has 0 saturated carbocycles. The standard InChI is InChI=1S/C20H23N3O4.ClH/c1-24-16-10-8-14(18(25-2)19(16)26-3)9-11-17-22-20(23-27-17)15-6-4-13(12-21)5-7-15;/h4-8,10H,9,11-12,21H2,1-3H3;1H. The monoisotopic (exact) mass is 405 g/mol. The van der Waals surface area contributed by atoms with Crippen molar-refractivity contribution in [3.63, 3.8) is 0 Å². The lowest BCUT2D eigenvalue weighted by atomic mass is 10.1. The molecule has 0 aliphatic rings. The van der Waals surface area contributed by atoms with E-state index in [1.165, 1.54) is 0 Å². The molecule has 0 aliphatic heterocycles. The molecular weight excluding hydrogens is 382 g/mol. The molecule has 2 N–H and O–H groups in total. The number of benzene rings is 2. The lowest BCUT2D eigenvalue weighted by molar-refractivity contribution is 0.321. The summed E-state index contributed by atoms with van der Waals surface area (Å²) in [6.07, 6.45) is 1.25. The summed E-state index contributed by atoms with van der Waals surface area (Å²) in [6.45, 7) is 0.505. The Morgan fingerprint density at radius 1 is 0.893 bits per heavy atom. The zero-order valence-corrected chi connectivity index (χ0v) is 16.9. The summed E-state index contributed by atoms with van der Waals surface area (Å²) in [6, 6.07) is 11.6. The number of ether oxygens (including phenoxy) is 3. The Bertz CT molecular complexity index is 897. The van der Waals surface area contributed by atoms with Gasteiger partial charge in [0.1, 0.15) is 0 Å². The fourth-order valence-corrected chi connectivity index (χ4v) is 2.87. The highest BCUT2D eigenvalue weighted by Crippen LogP contribution is 2.40. The molecule has 0 amide bonds. The first-order chi connectivity index (χ1) is 13.2. The molecule has 0 atom stereocenters. The van der Waals surface area contributed by atoms with Crippen LogP contribution in [0.25, 0.3) is 11.4 Å². The van der Waals surface area contributed by atoms with Crippen molar-refractivity contribution in [2.45, 2.75) is 19.4 Å². The van der Waals surface area contributed by atoms with E-state index in [1.807, 2.05) is 36.4 Å². The van der Waals surface area contributed by atoms with Crippen molar-refractivity contribution in [3.8, 4) is 28.6 Å². The van der Waals surface area contributed by atoms with E-state index in [1.54, 1.807) is 21.3 Å². The van der Waals surface area contributed by atoms with Crippen molar-refractivity contribution < 1.29 is 18.7 Å². The zero-order chi connectivity index (χ0) is 19.2. The topological polar surface area (TPSA) is 92.6 Å². The van der Waals surface area contributed by atoms with Gasteiger partial charge in [-0.25, -0.2) is 0 Å². The van der Waals surface area contributed by atoms with Crippen molar-refractivity contribution in [3.05, 3.63) is 53.4 Å². The number of nitrogens with zero attached hydrogens (tertiary/aromatic N) is 2. The third-order valence-electron chi connectivity index (χ3n) is 4.31. The number of aryl methyl sites for hydroxylation is 2. The average Bonchev–Trinajstić information content (AvgIpc) is 3.20. The molecule has 3 rings (SSSR count). The Balaban J connectivity index is 0.00000280. The quantitative estimate of drug-likeness (QED) is 0.613. The van der Waals surface area contributed by atoms with E-state index in [4.69, 9.17) is 24.5 Å². The Hall–Kier alpha value is -2.77. The second-order valence-electron chi connectivity index (χ2n) is 5.91. The van der Waals surface area contributed by atoms with Crippen LogP contribution in [0.15, 0.2) is 40.9 Å². The molecule has 1 heterocycles. The Labute approximate surface area is 170 Å². The van der Waals surface area contributed by atoms with Gasteiger partial charge < -0.3 is 24.5 Å². The molecule has 28 heavy (non-hydrogen) atoms. The maximum Gasteiger partial charge on any atom is 0.227 e. The number of methoxy groups -OCH3 is 3. The molecule has 0 radical (unpaired) electrons. The van der Waals surface area contributed by atoms with Crippen molar-refractivity contribution >= 4 is 12.4 Å². The number of nitrogens with two attached hydrogens (primary N) is 1. The van der Waals surface area contributed by atoms with Gasteiger partial charge in [0.15, 0.2) is 11.5 Å². The summed E-state index contributed by atoms with van der Waals surface area (Å²) < 4.78 is 21.6. The summed E-state index contributed by atoms with van der Waals surface area (Å²) in [5.74, 6) is 2.97. The predicted octanol–water partition coefficient (Wildman–Crippen LogP) is 3.43. The van der Waals surface area contributed by atoms with Gasteiger partial charge in [0.2, 0.25) is 17.5 Å². The third-order valence-corrected chi connectivity index (χ3v) is 4.31. The molecule has 2 aromatic carbocycles. The van der Waals surface area contributed by atoms with E-state index in [-0.39, 0.29) is 12.4 Å². The maximum absolute atomic E-state index is 5.62. The van der Waals surface area contributed by atoms with E-state index in [2.05, 4.69) is 10.1 Å². The highest BCUT2D eigenvalue weighted by atomic mass is 35.5. The fraction of sp³-hybridized carbons (Fsp3) is 0.300. The minimum absolute atomic E-state index is 0. The van der Waals surface area contributed by atoms with Crippen LogP contribution < -0.4 is 19.9 Å². The lowest BCUT2D eigenvalue weighted by Gasteiger charge is -2.15. The molecule has 1 aromatic heterocycles. The Morgan fingerprint density at radius 3 is 2.21 bits per heavy atom. The smallest absolute Gasteiger partial charge is 0.227 e. The van der Waals surface area contributed by atoms with E-state index < -0.39 is 0 Å². The number of rotatable bonds is 8. The molecule has 8 heteroatoms. The van der Waals surface area contributed by atoms with Gasteiger partial charge in [-0.1, -0.05) is 35.5 Å². The van der Waals surface area contributed by atoms with Crippen molar-refractivity contribution in [2.24, 2.45) is 5.73 Å². The van der Waals surface area contributed by atoms with E-state index in [9.17, 15) is 0 Å². The predicted molar refractivity (Wildman–Crippen MR) is 108 cm³/mol. The number of aromatic nitrogens is 2. The van der Waals surface area contributed by atoms with Crippen LogP contribution in [-0.2, 0) is 19.4 Å². The fourth-order valence-electron chi connectivity index (χ4n) is 2.87. The summed E-state index contributed by atoms with van der Waals surface area (Å²) in [5, 5.41) is 4.06. The summed E-state index contributed by atoms with van der Waals surface area (Å²) in [7, 11) is 4.79. The normalized spacial score (nSPS) is 10.3. The van der Waals surface area contributed by atoms with Gasteiger partial charge in [-0.05, 0) is 23.6 Å². The highest BCUT2D eigenvalue weighted by molar-refractivity contribution is 5.85. The second kappa shape index (κ2) is 9.96. The van der Waals surface area contributed by atoms with Crippen molar-refractivity contribution in [1.29, 1.82) is 0 Å². The van der Waals surface area contributed by atoms with Crippen LogP contribution in [-0.4, -0.2) is 31.5 Å². The van der Waals surface area contributed by atoms with Gasteiger partial charge in [0, 0.05) is 18.5 Å². The van der Waals surface area contributed by atoms with Gasteiger partial charge in [0.05, 0.1) is 21.3 Å². The minimum atomic E-state index is 0. The first-order valence-corrected chi connectivity index (χ1v) is 8.60. The molecule has 0 bridgehead atoms. The number of hydrogen-bond donors (Lipinski definition) is 1. The third kappa shape index (κ3) is 4.55. The van der Waals surface area contributed by atoms with Crippen LogP contribution >= 0.6 is 12.4 Å². The number of halogens is 1. The minimum Gasteiger partial charge on any atom is -0.493 e. The highest BCUT2D eigenvalue weighted by Gasteiger charge is 2.17. The molecule has 0 saturated heterocycles. The van der Waals surface area contributed by atoms with Crippen molar-refractivity contribution in [2.75, 3.05) is 21.3 Å². The van der Waals surface area contributed by atoms with Crippen LogP contribution in [0.4, 0.5) is 0 Å². The Kier molecular flexibility index (Phi) is 7.66.